The number of benzene rings is 1. The topological polar surface area (TPSA) is 99.9 Å². The van der Waals surface area contributed by atoms with Crippen LogP contribution in [0.5, 0.6) is 11.5 Å². The number of aliphatic hydroxyl groups is 1. The third-order valence-electron chi connectivity index (χ3n) is 4.01. The molecule has 0 saturated carbocycles. The highest BCUT2D eigenvalue weighted by molar-refractivity contribution is 7.12. The number of nitrogens with zero attached hydrogens (tertiary/aromatic N) is 1. The van der Waals surface area contributed by atoms with E-state index in [0.717, 1.165) is 15.3 Å². The largest absolute Gasteiger partial charge is 0.504 e. The fourth-order valence-electron chi connectivity index (χ4n) is 2.65. The fraction of sp³-hybridized carbons (Fsp3) is 0.200. The minimum Gasteiger partial charge on any atom is -0.504 e. The summed E-state index contributed by atoms with van der Waals surface area (Å²) in [5.74, 6) is -0.912. The lowest BCUT2D eigenvalue weighted by atomic mass is 10.0. The molecule has 3 rings (SSSR count). The Labute approximate surface area is 160 Å². The molecular weight excluding hydrogens is 366 g/mol. The molecule has 1 aromatic carbocycles. The van der Waals surface area contributed by atoms with Crippen molar-refractivity contribution in [1.82, 2.24) is 4.98 Å². The summed E-state index contributed by atoms with van der Waals surface area (Å²) in [4.78, 5) is 18.0. The molecule has 0 saturated heterocycles. The maximum Gasteiger partial charge on any atom is 0.311 e. The summed E-state index contributed by atoms with van der Waals surface area (Å²) in [6.07, 6.45) is 3.20. The standard InChI is InChI=1S/C20H19NO5S/c22-12-16-3-2-15(27-16)11-20(25)26-19(9-13-5-7-21-8-6-13)14-1-4-17(23)18(24)10-14/h1-8,10,19,22-24H,9,11-12H2. The van der Waals surface area contributed by atoms with E-state index in [9.17, 15) is 15.0 Å². The number of carbonyl (C=O) groups is 1. The molecule has 3 aromatic rings. The molecule has 1 unspecified atom stereocenters. The van der Waals surface area contributed by atoms with Gasteiger partial charge in [-0.15, -0.1) is 11.3 Å². The molecule has 0 aliphatic rings. The summed E-state index contributed by atoms with van der Waals surface area (Å²) in [6, 6.07) is 11.6. The van der Waals surface area contributed by atoms with Gasteiger partial charge < -0.3 is 20.1 Å². The number of thiophene rings is 1. The predicted octanol–water partition coefficient (Wildman–Crippen LogP) is 3.12. The van der Waals surface area contributed by atoms with Gasteiger partial charge in [-0.1, -0.05) is 6.07 Å². The van der Waals surface area contributed by atoms with Crippen molar-refractivity contribution in [2.24, 2.45) is 0 Å². The zero-order valence-electron chi connectivity index (χ0n) is 14.4. The summed E-state index contributed by atoms with van der Waals surface area (Å²) in [6.45, 7) is -0.0584. The van der Waals surface area contributed by atoms with Crippen LogP contribution in [0.2, 0.25) is 0 Å². The number of phenols is 2. The molecule has 3 N–H and O–H groups in total. The first-order valence-electron chi connectivity index (χ1n) is 8.34. The SMILES string of the molecule is O=C(Cc1ccc(CO)s1)OC(Cc1ccncc1)c1ccc(O)c(O)c1. The van der Waals surface area contributed by atoms with Crippen molar-refractivity contribution in [2.45, 2.75) is 25.6 Å². The van der Waals surface area contributed by atoms with Gasteiger partial charge in [0.05, 0.1) is 13.0 Å². The Morgan fingerprint density at radius 1 is 1.04 bits per heavy atom. The van der Waals surface area contributed by atoms with Gasteiger partial charge in [-0.2, -0.15) is 0 Å². The normalized spacial score (nSPS) is 11.9. The van der Waals surface area contributed by atoms with E-state index in [1.807, 2.05) is 12.1 Å². The highest BCUT2D eigenvalue weighted by Crippen LogP contribution is 2.31. The number of ether oxygens (including phenoxy) is 1. The van der Waals surface area contributed by atoms with Crippen LogP contribution >= 0.6 is 11.3 Å². The van der Waals surface area contributed by atoms with Gasteiger partial charge >= 0.3 is 5.97 Å². The van der Waals surface area contributed by atoms with E-state index < -0.39 is 12.1 Å². The zero-order chi connectivity index (χ0) is 19.2. The van der Waals surface area contributed by atoms with Gasteiger partial charge in [0.25, 0.3) is 0 Å². The molecule has 1 atom stereocenters. The molecule has 140 valence electrons. The van der Waals surface area contributed by atoms with Gasteiger partial charge in [-0.05, 0) is 47.5 Å². The van der Waals surface area contributed by atoms with Gasteiger partial charge in [0.2, 0.25) is 0 Å². The number of phenolic OH excluding ortho intramolecular Hbond substituents is 2. The molecule has 6 nitrogen and oxygen atoms in total. The molecule has 0 aliphatic heterocycles. The summed E-state index contributed by atoms with van der Waals surface area (Å²) in [5.41, 5.74) is 1.51. The first-order valence-corrected chi connectivity index (χ1v) is 9.15. The molecule has 0 bridgehead atoms. The Morgan fingerprint density at radius 2 is 1.78 bits per heavy atom. The van der Waals surface area contributed by atoms with Gasteiger partial charge in [0, 0.05) is 28.6 Å². The van der Waals surface area contributed by atoms with Gasteiger partial charge in [-0.25, -0.2) is 0 Å². The van der Waals surface area contributed by atoms with Crippen molar-refractivity contribution in [2.75, 3.05) is 0 Å². The summed E-state index contributed by atoms with van der Waals surface area (Å²) >= 11 is 1.36. The molecule has 0 spiro atoms. The lowest BCUT2D eigenvalue weighted by Crippen LogP contribution is -2.15. The number of aromatic nitrogens is 1. The Bertz CT molecular complexity index is 910. The minimum absolute atomic E-state index is 0.0584. The number of carbonyl (C=O) groups excluding carboxylic acids is 1. The van der Waals surface area contributed by atoms with Crippen LogP contribution in [0, 0.1) is 0 Å². The van der Waals surface area contributed by atoms with E-state index in [1.165, 1.54) is 23.5 Å². The van der Waals surface area contributed by atoms with Gasteiger partial charge in [-0.3, -0.25) is 9.78 Å². The molecule has 7 heteroatoms. The average Bonchev–Trinajstić information content (AvgIpc) is 3.12. The summed E-state index contributed by atoms with van der Waals surface area (Å²) in [7, 11) is 0. The number of esters is 1. The highest BCUT2D eigenvalue weighted by Gasteiger charge is 2.20. The molecule has 27 heavy (non-hydrogen) atoms. The first kappa shape index (κ1) is 18.9. The van der Waals surface area contributed by atoms with Crippen molar-refractivity contribution >= 4 is 17.3 Å². The van der Waals surface area contributed by atoms with E-state index in [1.54, 1.807) is 30.6 Å². The van der Waals surface area contributed by atoms with E-state index in [2.05, 4.69) is 4.98 Å². The molecule has 0 radical (unpaired) electrons. The number of hydrogen-bond donors (Lipinski definition) is 3. The van der Waals surface area contributed by atoms with Crippen LogP contribution in [-0.2, 0) is 29.0 Å². The van der Waals surface area contributed by atoms with Crippen molar-refractivity contribution < 1.29 is 24.9 Å². The molecule has 0 amide bonds. The number of pyridine rings is 1. The molecule has 2 heterocycles. The quantitative estimate of drug-likeness (QED) is 0.427. The maximum absolute atomic E-state index is 12.4. The number of aliphatic hydroxyl groups excluding tert-OH is 1. The Kier molecular flexibility index (Phi) is 6.05. The second-order valence-electron chi connectivity index (χ2n) is 5.99. The summed E-state index contributed by atoms with van der Waals surface area (Å²) in [5, 5.41) is 28.5. The third kappa shape index (κ3) is 5.06. The Balaban J connectivity index is 1.78. The monoisotopic (exact) mass is 385 g/mol. The van der Waals surface area contributed by atoms with E-state index in [-0.39, 0.29) is 24.5 Å². The fourth-order valence-corrected chi connectivity index (χ4v) is 3.51. The van der Waals surface area contributed by atoms with Crippen molar-refractivity contribution in [3.8, 4) is 11.5 Å². The predicted molar refractivity (Wildman–Crippen MR) is 100 cm³/mol. The van der Waals surface area contributed by atoms with Crippen LogP contribution in [0.4, 0.5) is 0 Å². The zero-order valence-corrected chi connectivity index (χ0v) is 15.2. The second kappa shape index (κ2) is 8.66. The smallest absolute Gasteiger partial charge is 0.311 e. The van der Waals surface area contributed by atoms with Crippen LogP contribution in [0.25, 0.3) is 0 Å². The van der Waals surface area contributed by atoms with Crippen molar-refractivity contribution in [3.63, 3.8) is 0 Å². The van der Waals surface area contributed by atoms with Gasteiger partial charge in [0.15, 0.2) is 11.5 Å². The van der Waals surface area contributed by atoms with Crippen molar-refractivity contribution in [3.05, 3.63) is 75.7 Å². The Hall–Kier alpha value is -2.90. The molecule has 0 aliphatic carbocycles. The van der Waals surface area contributed by atoms with Crippen LogP contribution in [0.1, 0.15) is 27.0 Å². The maximum atomic E-state index is 12.4. The minimum atomic E-state index is -0.622. The van der Waals surface area contributed by atoms with Crippen LogP contribution < -0.4 is 0 Å². The first-order chi connectivity index (χ1) is 13.0. The molecular formula is C20H19NO5S. The van der Waals surface area contributed by atoms with E-state index >= 15 is 0 Å². The highest BCUT2D eigenvalue weighted by atomic mass is 32.1. The molecule has 0 fully saturated rings. The summed E-state index contributed by atoms with van der Waals surface area (Å²) < 4.78 is 5.67. The number of aromatic hydroxyl groups is 2. The number of hydrogen-bond acceptors (Lipinski definition) is 7. The van der Waals surface area contributed by atoms with Crippen LogP contribution in [0.15, 0.2) is 54.9 Å². The second-order valence-corrected chi connectivity index (χ2v) is 7.24. The van der Waals surface area contributed by atoms with E-state index in [4.69, 9.17) is 9.84 Å². The Morgan fingerprint density at radius 3 is 2.44 bits per heavy atom. The van der Waals surface area contributed by atoms with Crippen molar-refractivity contribution in [1.29, 1.82) is 0 Å². The number of rotatable bonds is 7. The van der Waals surface area contributed by atoms with Crippen LogP contribution in [-0.4, -0.2) is 26.3 Å². The van der Waals surface area contributed by atoms with Crippen LogP contribution in [0.3, 0.4) is 0 Å². The third-order valence-corrected chi connectivity index (χ3v) is 5.08. The van der Waals surface area contributed by atoms with Gasteiger partial charge in [0.1, 0.15) is 6.10 Å². The lowest BCUT2D eigenvalue weighted by molar-refractivity contribution is -0.148. The molecule has 2 aromatic heterocycles. The average molecular weight is 385 g/mol. The lowest BCUT2D eigenvalue weighted by Gasteiger charge is -2.19. The van der Waals surface area contributed by atoms with E-state index in [0.29, 0.717) is 12.0 Å².